The Bertz CT molecular complexity index is 1100. The third kappa shape index (κ3) is 5.04. The molecule has 0 unspecified atom stereocenters. The van der Waals surface area contributed by atoms with Gasteiger partial charge in [0.2, 0.25) is 5.91 Å². The lowest BCUT2D eigenvalue weighted by atomic mass is 9.95. The van der Waals surface area contributed by atoms with Crippen molar-refractivity contribution in [2.75, 3.05) is 54.5 Å². The minimum atomic E-state index is 0.00868. The van der Waals surface area contributed by atoms with Crippen molar-refractivity contribution in [3.05, 3.63) is 66.2 Å². The summed E-state index contributed by atoms with van der Waals surface area (Å²) in [6, 6.07) is 20.4. The number of ether oxygens (including phenoxy) is 1. The van der Waals surface area contributed by atoms with Gasteiger partial charge in [0.25, 0.3) is 0 Å². The lowest BCUT2D eigenvalue weighted by Crippen LogP contribution is -2.38. The van der Waals surface area contributed by atoms with Gasteiger partial charge in [-0.15, -0.1) is 10.2 Å². The summed E-state index contributed by atoms with van der Waals surface area (Å²) in [5.41, 5.74) is 5.20. The van der Waals surface area contributed by atoms with Gasteiger partial charge in [-0.3, -0.25) is 4.79 Å². The fourth-order valence-electron chi connectivity index (χ4n) is 4.69. The van der Waals surface area contributed by atoms with Crippen LogP contribution in [0.25, 0.3) is 11.3 Å². The van der Waals surface area contributed by atoms with Crippen molar-refractivity contribution in [2.45, 2.75) is 19.8 Å². The normalized spacial score (nSPS) is 17.0. The maximum atomic E-state index is 12.8. The molecule has 7 heteroatoms. The van der Waals surface area contributed by atoms with Gasteiger partial charge in [-0.25, -0.2) is 0 Å². The summed E-state index contributed by atoms with van der Waals surface area (Å²) in [5, 5.41) is 12.0. The topological polar surface area (TPSA) is 70.6 Å². The van der Waals surface area contributed by atoms with Gasteiger partial charge in [0, 0.05) is 49.0 Å². The Kier molecular flexibility index (Phi) is 6.72. The van der Waals surface area contributed by atoms with Crippen molar-refractivity contribution in [3.63, 3.8) is 0 Å². The van der Waals surface area contributed by atoms with Crippen molar-refractivity contribution >= 4 is 23.1 Å². The number of nitrogens with zero attached hydrogens (tertiary/aromatic N) is 4. The fraction of sp³-hybridized carbons (Fsp3) is 0.370. The second kappa shape index (κ2) is 10.2. The van der Waals surface area contributed by atoms with E-state index in [2.05, 4.69) is 56.5 Å². The molecule has 0 radical (unpaired) electrons. The minimum Gasteiger partial charge on any atom is -0.378 e. The molecule has 7 nitrogen and oxygen atoms in total. The Balaban J connectivity index is 1.14. The van der Waals surface area contributed by atoms with Gasteiger partial charge in [-0.1, -0.05) is 24.3 Å². The van der Waals surface area contributed by atoms with Crippen LogP contribution in [0.5, 0.6) is 0 Å². The van der Waals surface area contributed by atoms with E-state index in [-0.39, 0.29) is 11.8 Å². The van der Waals surface area contributed by atoms with E-state index in [9.17, 15) is 4.79 Å². The number of aromatic nitrogens is 2. The molecular formula is C27H31N5O2. The highest BCUT2D eigenvalue weighted by atomic mass is 16.5. The van der Waals surface area contributed by atoms with Gasteiger partial charge in [0.1, 0.15) is 0 Å². The third-order valence-electron chi connectivity index (χ3n) is 6.77. The number of morpholine rings is 1. The first-order valence-corrected chi connectivity index (χ1v) is 12.1. The summed E-state index contributed by atoms with van der Waals surface area (Å²) < 4.78 is 5.42. The largest absolute Gasteiger partial charge is 0.378 e. The molecule has 176 valence electrons. The molecule has 0 saturated carbocycles. The van der Waals surface area contributed by atoms with Gasteiger partial charge in [0.05, 0.1) is 18.9 Å². The molecule has 34 heavy (non-hydrogen) atoms. The smallest absolute Gasteiger partial charge is 0.227 e. The molecule has 1 amide bonds. The number of benzene rings is 2. The van der Waals surface area contributed by atoms with Gasteiger partial charge in [-0.05, 0) is 61.7 Å². The van der Waals surface area contributed by atoms with Gasteiger partial charge >= 0.3 is 0 Å². The van der Waals surface area contributed by atoms with E-state index in [1.54, 1.807) is 0 Å². The first kappa shape index (κ1) is 22.3. The first-order chi connectivity index (χ1) is 16.7. The third-order valence-corrected chi connectivity index (χ3v) is 6.77. The summed E-state index contributed by atoms with van der Waals surface area (Å²) in [6.07, 6.45) is 1.61. The van der Waals surface area contributed by atoms with Crippen LogP contribution in [0.15, 0.2) is 60.7 Å². The Morgan fingerprint density at radius 1 is 0.882 bits per heavy atom. The molecule has 2 fully saturated rings. The van der Waals surface area contributed by atoms with Crippen LogP contribution in [0.4, 0.5) is 17.2 Å². The number of piperidine rings is 1. The number of anilines is 3. The Morgan fingerprint density at radius 3 is 2.29 bits per heavy atom. The highest BCUT2D eigenvalue weighted by Gasteiger charge is 2.26. The van der Waals surface area contributed by atoms with Crippen LogP contribution in [-0.2, 0) is 9.53 Å². The molecule has 5 rings (SSSR count). The summed E-state index contributed by atoms with van der Waals surface area (Å²) in [4.78, 5) is 17.4. The number of carbonyl (C=O) groups is 1. The number of aryl methyl sites for hydroxylation is 1. The van der Waals surface area contributed by atoms with Crippen LogP contribution in [-0.4, -0.2) is 55.5 Å². The summed E-state index contributed by atoms with van der Waals surface area (Å²) in [7, 11) is 0. The number of amides is 1. The predicted octanol–water partition coefficient (Wildman–Crippen LogP) is 4.14. The summed E-state index contributed by atoms with van der Waals surface area (Å²) >= 11 is 0. The van der Waals surface area contributed by atoms with Crippen molar-refractivity contribution in [1.29, 1.82) is 0 Å². The van der Waals surface area contributed by atoms with Crippen molar-refractivity contribution in [2.24, 2.45) is 5.92 Å². The number of hydrogen-bond acceptors (Lipinski definition) is 6. The Hall–Kier alpha value is -3.45. The Labute approximate surface area is 200 Å². The number of rotatable bonds is 5. The highest BCUT2D eigenvalue weighted by molar-refractivity contribution is 5.92. The standard InChI is InChI=1S/C27H31N5O2/c1-20-4-2-3-5-24(20)25-10-11-26(30-29-25)32-14-12-21(13-15-32)27(33)28-22-6-8-23(9-7-22)31-16-18-34-19-17-31/h2-11,21H,12-19H2,1H3,(H,28,33). The quantitative estimate of drug-likeness (QED) is 0.621. The lowest BCUT2D eigenvalue weighted by molar-refractivity contribution is -0.120. The van der Waals surface area contributed by atoms with E-state index in [1.165, 1.54) is 11.3 Å². The average molecular weight is 458 g/mol. The molecular weight excluding hydrogens is 426 g/mol. The molecule has 2 aliphatic heterocycles. The van der Waals surface area contributed by atoms with Crippen molar-refractivity contribution < 1.29 is 9.53 Å². The van der Waals surface area contributed by atoms with Crippen LogP contribution in [0.2, 0.25) is 0 Å². The SMILES string of the molecule is Cc1ccccc1-c1ccc(N2CCC(C(=O)Nc3ccc(N4CCOCC4)cc3)CC2)nn1. The van der Waals surface area contributed by atoms with Crippen LogP contribution < -0.4 is 15.1 Å². The summed E-state index contributed by atoms with van der Waals surface area (Å²) in [6.45, 7) is 7.02. The second-order valence-electron chi connectivity index (χ2n) is 8.99. The van der Waals surface area contributed by atoms with Crippen LogP contribution in [0, 0.1) is 12.8 Å². The molecule has 2 aromatic carbocycles. The maximum absolute atomic E-state index is 12.8. The minimum absolute atomic E-state index is 0.00868. The molecule has 1 N–H and O–H groups in total. The van der Waals surface area contributed by atoms with E-state index in [0.29, 0.717) is 0 Å². The Morgan fingerprint density at radius 2 is 1.62 bits per heavy atom. The summed E-state index contributed by atoms with van der Waals surface area (Å²) in [5.74, 6) is 0.976. The second-order valence-corrected chi connectivity index (χ2v) is 8.99. The van der Waals surface area contributed by atoms with E-state index in [0.717, 1.165) is 75.0 Å². The van der Waals surface area contributed by atoms with Crippen molar-refractivity contribution in [3.8, 4) is 11.3 Å². The zero-order valence-corrected chi connectivity index (χ0v) is 19.6. The predicted molar refractivity (Wildman–Crippen MR) is 135 cm³/mol. The van der Waals surface area contributed by atoms with E-state index >= 15 is 0 Å². The van der Waals surface area contributed by atoms with Crippen LogP contribution >= 0.6 is 0 Å². The van der Waals surface area contributed by atoms with Gasteiger partial charge in [-0.2, -0.15) is 0 Å². The van der Waals surface area contributed by atoms with Crippen molar-refractivity contribution in [1.82, 2.24) is 10.2 Å². The zero-order valence-electron chi connectivity index (χ0n) is 19.6. The molecule has 3 aromatic rings. The molecule has 0 aliphatic carbocycles. The zero-order chi connectivity index (χ0) is 23.3. The molecule has 2 aliphatic rings. The molecule has 0 atom stereocenters. The lowest BCUT2D eigenvalue weighted by Gasteiger charge is -2.32. The number of carbonyl (C=O) groups excluding carboxylic acids is 1. The molecule has 2 saturated heterocycles. The van der Waals surface area contributed by atoms with E-state index in [1.807, 2.05) is 36.4 Å². The number of nitrogens with one attached hydrogen (secondary N) is 1. The van der Waals surface area contributed by atoms with E-state index < -0.39 is 0 Å². The highest BCUT2D eigenvalue weighted by Crippen LogP contribution is 2.26. The van der Waals surface area contributed by atoms with E-state index in [4.69, 9.17) is 4.74 Å². The van der Waals surface area contributed by atoms with Gasteiger partial charge in [0.15, 0.2) is 5.82 Å². The van der Waals surface area contributed by atoms with Crippen LogP contribution in [0.3, 0.4) is 0 Å². The molecule has 3 heterocycles. The number of hydrogen-bond donors (Lipinski definition) is 1. The molecule has 0 spiro atoms. The molecule has 0 bridgehead atoms. The maximum Gasteiger partial charge on any atom is 0.227 e. The monoisotopic (exact) mass is 457 g/mol. The molecule has 1 aromatic heterocycles. The fourth-order valence-corrected chi connectivity index (χ4v) is 4.69. The van der Waals surface area contributed by atoms with Gasteiger partial charge < -0.3 is 19.9 Å². The first-order valence-electron chi connectivity index (χ1n) is 12.1. The van der Waals surface area contributed by atoms with Crippen LogP contribution in [0.1, 0.15) is 18.4 Å². The average Bonchev–Trinajstić information content (AvgIpc) is 2.90.